The highest BCUT2D eigenvalue weighted by atomic mass is 32.2. The zero-order valence-corrected chi connectivity index (χ0v) is 79.5. The molecule has 43 nitrogen and oxygen atoms in total. The number of aromatic amines is 3. The number of carboxylic acids is 1. The smallest absolute Gasteiger partial charge is 0.303 e. The van der Waals surface area contributed by atoms with Gasteiger partial charge in [-0.3, -0.25) is 86.3 Å². The van der Waals surface area contributed by atoms with Gasteiger partial charge in [-0.2, -0.15) is 0 Å². The van der Waals surface area contributed by atoms with E-state index in [4.69, 9.17) is 22.9 Å². The van der Waals surface area contributed by atoms with E-state index in [1.54, 1.807) is 48.8 Å². The van der Waals surface area contributed by atoms with E-state index in [1.807, 2.05) is 26.0 Å². The Balaban J connectivity index is 1.12. The van der Waals surface area contributed by atoms with Crippen LogP contribution in [0.2, 0.25) is 0 Å². The van der Waals surface area contributed by atoms with Crippen LogP contribution < -0.4 is 70.8 Å². The number of hydrogen-bond acceptors (Lipinski definition) is 24. The molecule has 0 bridgehead atoms. The highest BCUT2D eigenvalue weighted by Crippen LogP contribution is 2.31. The van der Waals surface area contributed by atoms with Crippen LogP contribution in [0.25, 0.3) is 21.8 Å². The molecule has 138 heavy (non-hydrogen) atoms. The van der Waals surface area contributed by atoms with E-state index in [0.29, 0.717) is 82.4 Å². The van der Waals surface area contributed by atoms with Gasteiger partial charge in [0.2, 0.25) is 94.5 Å². The lowest BCUT2D eigenvalue weighted by molar-refractivity contribution is -0.149. The van der Waals surface area contributed by atoms with Crippen molar-refractivity contribution >= 4 is 140 Å². The third kappa shape index (κ3) is 30.6. The molecule has 3 aromatic heterocycles. The van der Waals surface area contributed by atoms with Crippen molar-refractivity contribution in [3.8, 4) is 5.75 Å². The number of H-pyrrole nitrogens is 3. The maximum absolute atomic E-state index is 15.9. The van der Waals surface area contributed by atoms with Gasteiger partial charge < -0.3 is 126 Å². The van der Waals surface area contributed by atoms with Crippen molar-refractivity contribution in [3.63, 3.8) is 0 Å². The van der Waals surface area contributed by atoms with Crippen molar-refractivity contribution < 1.29 is 102 Å². The maximum atomic E-state index is 15.9. The van der Waals surface area contributed by atoms with Crippen LogP contribution >= 0.6 is 11.8 Å². The van der Waals surface area contributed by atoms with Gasteiger partial charge in [0, 0.05) is 125 Å². The second kappa shape index (κ2) is 52.8. The lowest BCUT2D eigenvalue weighted by atomic mass is 9.90. The summed E-state index contributed by atoms with van der Waals surface area (Å²) in [5, 5.41) is 57.2. The maximum Gasteiger partial charge on any atom is 0.303 e. The van der Waals surface area contributed by atoms with Gasteiger partial charge in [-0.15, -0.1) is 11.8 Å². The third-order valence-corrected chi connectivity index (χ3v) is 26.3. The summed E-state index contributed by atoms with van der Waals surface area (Å²) < 4.78 is 0. The number of unbranched alkanes of at least 4 members (excludes halogenated alkanes) is 4. The molecule has 0 radical (unpaired) electrons. The minimum atomic E-state index is -1.79. The zero-order chi connectivity index (χ0) is 101. The first-order chi connectivity index (χ1) is 65.9. The second-order valence-corrected chi connectivity index (χ2v) is 36.5. The number of aliphatic hydroxyl groups is 1. The van der Waals surface area contributed by atoms with Crippen LogP contribution in [0.4, 0.5) is 0 Å². The number of fused-ring (bicyclic) bond motifs is 4. The van der Waals surface area contributed by atoms with Crippen molar-refractivity contribution in [2.24, 2.45) is 28.9 Å². The number of likely N-dealkylation sites (N-methyl/N-ethyl adjacent to an activating group) is 3. The minimum absolute atomic E-state index is 0.0115. The number of primary amides is 2. The monoisotopic (exact) mass is 1940 g/mol. The number of nitrogens with one attached hydrogen (secondary N) is 12. The number of phenolic OH excluding ortho intramolecular Hbond substituents is 1. The molecule has 3 aliphatic rings. The Labute approximate surface area is 802 Å². The van der Waals surface area contributed by atoms with Crippen LogP contribution in [0.1, 0.15) is 165 Å². The van der Waals surface area contributed by atoms with Crippen molar-refractivity contribution in [2.75, 3.05) is 65.4 Å². The fourth-order valence-electron chi connectivity index (χ4n) is 17.4. The number of rotatable bonds is 30. The number of benzene rings is 3. The molecule has 0 aliphatic carbocycles. The molecule has 6 heterocycles. The second-order valence-electron chi connectivity index (χ2n) is 35.5. The van der Waals surface area contributed by atoms with Crippen LogP contribution in [0.3, 0.4) is 0 Å². The quantitative estimate of drug-likeness (QED) is 0.0240. The number of ketones is 1. The number of carboxylic acid groups (broad SMARTS) is 1. The zero-order valence-electron chi connectivity index (χ0n) is 78.7. The number of imidazole rings is 1. The lowest BCUT2D eigenvalue weighted by Gasteiger charge is -2.36. The van der Waals surface area contributed by atoms with E-state index in [9.17, 15) is 63.3 Å². The van der Waals surface area contributed by atoms with Crippen molar-refractivity contribution in [1.82, 2.24) is 92.3 Å². The SMILES string of the molecule is CCCC[C@H]1C(=O)N(C)[C@@H](CCCC)C(=O)N[C@@H](CCC(=O)O)C(=O)N[C@H](C(=O)NCC(N)=O)CSCC(=O)N[C@@H](Cc2ccc(O)cc2)C(=O)N(C)[C@@H](C)C(=O)N[C@@H](CC(N)=O)C(=O)N2CCC[C@H]2C(=O)N[C@@H](Cc2c[nH]cn2)C(=O)N[C@@H](CCCCN)C(=O)N2C[C@H](O)C[C@H]2C(=O)C[C@@H](Cc2c[nH]c3ccccc23)C(=O)N[C@@H](CCCCN)C(=O)N[C@@H](Cc2c[nH]c3ccccc23)C(=O)N1C. The molecule has 6 aromatic rings. The fraction of sp³-hybridized carbons (Fsp3) is 0.543. The van der Waals surface area contributed by atoms with Crippen molar-refractivity contribution in [1.29, 1.82) is 0 Å². The fourth-order valence-corrected chi connectivity index (χ4v) is 18.3. The predicted molar refractivity (Wildman–Crippen MR) is 508 cm³/mol. The van der Waals surface area contributed by atoms with E-state index >= 15 is 38.4 Å². The summed E-state index contributed by atoms with van der Waals surface area (Å²) in [7, 11) is 3.89. The number of nitrogens with two attached hydrogens (primary N) is 4. The van der Waals surface area contributed by atoms with E-state index in [2.05, 4.69) is 67.8 Å². The summed E-state index contributed by atoms with van der Waals surface area (Å²) in [5.41, 5.74) is 26.3. The molecule has 0 unspecified atom stereocenters. The molecule has 3 fully saturated rings. The summed E-state index contributed by atoms with van der Waals surface area (Å²) in [6.45, 7) is 3.92. The van der Waals surface area contributed by atoms with Gasteiger partial charge >= 0.3 is 5.97 Å². The number of carbonyl (C=O) groups is 18. The number of nitrogens with zero attached hydrogens (tertiary/aromatic N) is 6. The van der Waals surface area contributed by atoms with Gasteiger partial charge in [0.05, 0.1) is 42.9 Å². The Morgan fingerprint density at radius 2 is 1.08 bits per heavy atom. The first-order valence-electron chi connectivity index (χ1n) is 46.9. The van der Waals surface area contributed by atoms with Gasteiger partial charge in [0.15, 0.2) is 5.78 Å². The molecule has 3 saturated heterocycles. The van der Waals surface area contributed by atoms with Gasteiger partial charge in [-0.1, -0.05) is 88.1 Å². The van der Waals surface area contributed by atoms with Gasteiger partial charge in [-0.25, -0.2) is 4.98 Å². The highest BCUT2D eigenvalue weighted by Gasteiger charge is 2.47. The van der Waals surface area contributed by atoms with Crippen molar-refractivity contribution in [2.45, 2.75) is 253 Å². The van der Waals surface area contributed by atoms with E-state index in [-0.39, 0.29) is 121 Å². The number of carbonyl (C=O) groups excluding carboxylic acids is 17. The summed E-state index contributed by atoms with van der Waals surface area (Å²) in [4.78, 5) is 283. The molecular formula is C94H132N22O21S. The molecular weight excluding hydrogens is 1810 g/mol. The Hall–Kier alpha value is -13.4. The Morgan fingerprint density at radius 1 is 0.529 bits per heavy atom. The molecule has 0 saturated carbocycles. The Kier molecular flexibility index (Phi) is 41.4. The average Bonchev–Trinajstić information content (AvgIpc) is 1.43. The molecule has 16 amide bonds. The third-order valence-electron chi connectivity index (χ3n) is 25.3. The Bertz CT molecular complexity index is 5270. The summed E-state index contributed by atoms with van der Waals surface area (Å²) in [6.07, 6.45) is 3.30. The summed E-state index contributed by atoms with van der Waals surface area (Å²) >= 11 is 0.716. The van der Waals surface area contributed by atoms with E-state index in [1.165, 1.54) is 69.8 Å². The predicted octanol–water partition coefficient (Wildman–Crippen LogP) is -1.02. The van der Waals surface area contributed by atoms with Crippen LogP contribution in [0, 0.1) is 5.92 Å². The highest BCUT2D eigenvalue weighted by molar-refractivity contribution is 8.00. The van der Waals surface area contributed by atoms with Crippen molar-refractivity contribution in [3.05, 3.63) is 120 Å². The molecule has 0 spiro atoms. The summed E-state index contributed by atoms with van der Waals surface area (Å²) in [6, 6.07) is -0.184. The number of aromatic nitrogens is 4. The number of aliphatic carboxylic acids is 1. The number of aromatic hydroxyl groups is 1. The standard InChI is InChI=1S/C94H132N22O21S/c1-7-9-26-73-88(131)106-66(33-34-81(123)124)86(129)111-72(84(127)102-48-79(98)121)50-138-51-80(122)104-69(38-54-29-31-59(117)32-30-54)90(133)112(4)53(3)82(125)109-71(44-78(97)120)93(136)115-37-19-28-74(115)89(132)108-68(42-58-47-99-52-103-58)87(130)107-67(25-16-18-36-96)92(135)116-49-60(118)43-76(116)77(119)41-55(39-56-45-100-63-22-13-11-20-61(56)63)83(126)105-65(24-15-17-35-95)85(128)110-70(40-57-46-101-64-23-14-12-21-62(57)64)91(134)114(6)75(27-10-8-2)94(137)113(73)5/h11-14,20-23,29-32,45-47,52-53,55,60,65-76,100-101,117-118H,7-10,15-19,24-28,33-44,48-51,95-96H2,1-6H3,(H2,97,120)(H2,98,121)(H,99,103)(H,102,127)(H,104,122)(H,105,126)(H,106,131)(H,107,130)(H,108,132)(H,109,125)(H,110,128)(H,111,129)(H,123,124)/t53-,55+,60+,65-,66-,67-,68-,69-,70-,71-,72-,73-,74-,75-,76-/m0/s1. The lowest BCUT2D eigenvalue weighted by Crippen LogP contribution is -2.60. The van der Waals surface area contributed by atoms with Crippen LogP contribution in [0.15, 0.2) is 97.7 Å². The first-order valence-corrected chi connectivity index (χ1v) is 48.0. The average molecular weight is 1940 g/mol. The molecule has 9 rings (SSSR count). The molecule has 23 N–H and O–H groups in total. The minimum Gasteiger partial charge on any atom is -0.508 e. The normalized spacial score (nSPS) is 24.5. The number of phenols is 1. The number of para-hydroxylation sites is 2. The number of aliphatic hydroxyl groups excluding tert-OH is 1. The van der Waals surface area contributed by atoms with Gasteiger partial charge in [0.25, 0.3) is 0 Å². The molecule has 3 aromatic carbocycles. The largest absolute Gasteiger partial charge is 0.508 e. The molecule has 44 heteroatoms. The van der Waals surface area contributed by atoms with Gasteiger partial charge in [-0.05, 0) is 138 Å². The van der Waals surface area contributed by atoms with E-state index in [0.717, 1.165) is 19.6 Å². The molecule has 15 atom stereocenters. The number of hydrogen-bond donors (Lipinski definition) is 19. The van der Waals surface area contributed by atoms with Crippen LogP contribution in [-0.4, -0.2) is 316 Å². The van der Waals surface area contributed by atoms with E-state index < -0.39 is 247 Å². The summed E-state index contributed by atoms with van der Waals surface area (Å²) in [5.74, 6) is -19.7. The van der Waals surface area contributed by atoms with Gasteiger partial charge in [0.1, 0.15) is 78.3 Å². The number of thioether (sulfide) groups is 1. The first kappa shape index (κ1) is 108. The Morgan fingerprint density at radius 3 is 1.70 bits per heavy atom. The van der Waals surface area contributed by atoms with Crippen LogP contribution in [-0.2, 0) is 112 Å². The van der Waals surface area contributed by atoms with Crippen LogP contribution in [0.5, 0.6) is 5.75 Å². The number of Topliss-reactive ketones (excluding diaryl/α,β-unsaturated/α-hetero) is 1. The molecule has 750 valence electrons. The topological polar surface area (TPSA) is 657 Å². The number of amides is 16. The molecule has 3 aliphatic heterocycles.